The zero-order valence-corrected chi connectivity index (χ0v) is 10.7. The quantitative estimate of drug-likeness (QED) is 0.375. The van der Waals surface area contributed by atoms with Crippen LogP contribution in [0.3, 0.4) is 0 Å². The first-order valence-corrected chi connectivity index (χ1v) is 6.77. The second-order valence-electron chi connectivity index (χ2n) is 2.60. The average Bonchev–Trinajstić information content (AvgIpc) is 2.16. The first-order chi connectivity index (χ1) is 6.22. The van der Waals surface area contributed by atoms with Gasteiger partial charge in [-0.3, -0.25) is 0 Å². The van der Waals surface area contributed by atoms with Crippen LogP contribution in [0.2, 0.25) is 6.55 Å². The average molecular weight is 212 g/mol. The molecule has 0 saturated heterocycles. The SMILES string of the molecule is CO[Si]CN=NCC(C)=C(C)[Si]C. The molecular formula is C8H16N2OSi2. The predicted octanol–water partition coefficient (Wildman–Crippen LogP) is 1.71. The third-order valence-electron chi connectivity index (χ3n) is 1.70. The Morgan fingerprint density at radius 3 is 2.54 bits per heavy atom. The molecule has 0 aromatic heterocycles. The van der Waals surface area contributed by atoms with Gasteiger partial charge < -0.3 is 4.43 Å². The van der Waals surface area contributed by atoms with Crippen molar-refractivity contribution in [1.29, 1.82) is 0 Å². The van der Waals surface area contributed by atoms with Crippen LogP contribution in [0.25, 0.3) is 0 Å². The van der Waals surface area contributed by atoms with Gasteiger partial charge in [0, 0.05) is 7.11 Å². The van der Waals surface area contributed by atoms with Crippen molar-refractivity contribution in [2.75, 3.05) is 19.8 Å². The second-order valence-corrected chi connectivity index (χ2v) is 4.87. The third kappa shape index (κ3) is 6.86. The van der Waals surface area contributed by atoms with Crippen molar-refractivity contribution in [3.8, 4) is 0 Å². The fourth-order valence-electron chi connectivity index (χ4n) is 0.631. The van der Waals surface area contributed by atoms with Gasteiger partial charge in [0.1, 0.15) is 0 Å². The molecular weight excluding hydrogens is 196 g/mol. The number of azo groups is 1. The third-order valence-corrected chi connectivity index (χ3v) is 3.44. The lowest BCUT2D eigenvalue weighted by atomic mass is 10.3. The molecule has 72 valence electrons. The molecule has 0 aromatic carbocycles. The number of rotatable bonds is 6. The zero-order chi connectivity index (χ0) is 10.1. The number of hydrogen-bond acceptors (Lipinski definition) is 3. The normalized spacial score (nSPS) is 13.5. The van der Waals surface area contributed by atoms with Crippen LogP contribution < -0.4 is 0 Å². The highest BCUT2D eigenvalue weighted by atomic mass is 28.2. The maximum atomic E-state index is 4.88. The Bertz CT molecular complexity index is 193. The molecule has 0 heterocycles. The van der Waals surface area contributed by atoms with Crippen LogP contribution in [0.4, 0.5) is 0 Å². The molecule has 5 heteroatoms. The topological polar surface area (TPSA) is 34.0 Å². The minimum Gasteiger partial charge on any atom is -0.419 e. The van der Waals surface area contributed by atoms with E-state index in [4.69, 9.17) is 4.43 Å². The summed E-state index contributed by atoms with van der Waals surface area (Å²) >= 11 is 0. The van der Waals surface area contributed by atoms with Crippen LogP contribution >= 0.6 is 0 Å². The molecule has 0 amide bonds. The summed E-state index contributed by atoms with van der Waals surface area (Å²) in [5, 5.41) is 9.51. The molecule has 13 heavy (non-hydrogen) atoms. The van der Waals surface area contributed by atoms with Crippen molar-refractivity contribution in [3.05, 3.63) is 10.8 Å². The smallest absolute Gasteiger partial charge is 0.254 e. The van der Waals surface area contributed by atoms with Crippen LogP contribution in [-0.4, -0.2) is 39.1 Å². The monoisotopic (exact) mass is 212 g/mol. The van der Waals surface area contributed by atoms with E-state index >= 15 is 0 Å². The van der Waals surface area contributed by atoms with Gasteiger partial charge >= 0.3 is 0 Å². The molecule has 0 fully saturated rings. The van der Waals surface area contributed by atoms with E-state index in [1.807, 2.05) is 0 Å². The van der Waals surface area contributed by atoms with Crippen molar-refractivity contribution in [2.24, 2.45) is 10.2 Å². The fourth-order valence-corrected chi connectivity index (χ4v) is 1.42. The molecule has 0 saturated carbocycles. The maximum Gasteiger partial charge on any atom is 0.254 e. The van der Waals surface area contributed by atoms with Gasteiger partial charge in [0.2, 0.25) is 0 Å². The lowest BCUT2D eigenvalue weighted by Crippen LogP contribution is -1.98. The lowest BCUT2D eigenvalue weighted by molar-refractivity contribution is 0.441. The molecule has 0 aromatic rings. The highest BCUT2D eigenvalue weighted by Crippen LogP contribution is 2.01. The summed E-state index contributed by atoms with van der Waals surface area (Å²) in [4.78, 5) is 0. The summed E-state index contributed by atoms with van der Waals surface area (Å²) in [6, 6.07) is 0. The highest BCUT2D eigenvalue weighted by Gasteiger charge is 1.93. The van der Waals surface area contributed by atoms with E-state index in [1.54, 1.807) is 7.11 Å². The molecule has 0 aliphatic carbocycles. The molecule has 0 bridgehead atoms. The lowest BCUT2D eigenvalue weighted by Gasteiger charge is -1.99. The summed E-state index contributed by atoms with van der Waals surface area (Å²) < 4.78 is 4.88. The van der Waals surface area contributed by atoms with Crippen molar-refractivity contribution in [1.82, 2.24) is 0 Å². The van der Waals surface area contributed by atoms with Gasteiger partial charge in [-0.25, -0.2) is 0 Å². The van der Waals surface area contributed by atoms with Crippen LogP contribution in [0.15, 0.2) is 21.0 Å². The summed E-state index contributed by atoms with van der Waals surface area (Å²) in [7, 11) is 3.00. The van der Waals surface area contributed by atoms with Gasteiger partial charge in [-0.2, -0.15) is 10.2 Å². The summed E-state index contributed by atoms with van der Waals surface area (Å²) in [6.07, 6.45) is 0.692. The van der Waals surface area contributed by atoms with Crippen molar-refractivity contribution >= 4 is 19.3 Å². The van der Waals surface area contributed by atoms with E-state index in [0.717, 1.165) is 16.1 Å². The molecule has 0 aliphatic heterocycles. The van der Waals surface area contributed by atoms with E-state index in [9.17, 15) is 0 Å². The fraction of sp³-hybridized carbons (Fsp3) is 0.750. The molecule has 0 aliphatic rings. The molecule has 3 nitrogen and oxygen atoms in total. The number of allylic oxidation sites excluding steroid dienone is 1. The van der Waals surface area contributed by atoms with Crippen molar-refractivity contribution in [3.63, 3.8) is 0 Å². The molecule has 0 unspecified atom stereocenters. The van der Waals surface area contributed by atoms with Gasteiger partial charge in [0.05, 0.1) is 22.2 Å². The number of nitrogens with zero attached hydrogens (tertiary/aromatic N) is 2. The van der Waals surface area contributed by atoms with Crippen LogP contribution in [-0.2, 0) is 4.43 Å². The van der Waals surface area contributed by atoms with E-state index in [-0.39, 0.29) is 0 Å². The summed E-state index contributed by atoms with van der Waals surface area (Å²) in [5.74, 6) is 0. The van der Waals surface area contributed by atoms with E-state index in [1.165, 1.54) is 10.8 Å². The molecule has 0 N–H and O–H groups in total. The van der Waals surface area contributed by atoms with E-state index in [0.29, 0.717) is 15.9 Å². The highest BCUT2D eigenvalue weighted by molar-refractivity contribution is 6.43. The summed E-state index contributed by atoms with van der Waals surface area (Å²) in [6.45, 7) is 7.19. The summed E-state index contributed by atoms with van der Waals surface area (Å²) in [5.41, 5.74) is 1.34. The van der Waals surface area contributed by atoms with Crippen molar-refractivity contribution in [2.45, 2.75) is 20.4 Å². The van der Waals surface area contributed by atoms with E-state index < -0.39 is 0 Å². The predicted molar refractivity (Wildman–Crippen MR) is 57.3 cm³/mol. The minimum absolute atomic E-state index is 0.438. The van der Waals surface area contributed by atoms with Gasteiger partial charge in [0.25, 0.3) is 9.76 Å². The Labute approximate surface area is 85.4 Å². The van der Waals surface area contributed by atoms with Crippen LogP contribution in [0, 0.1) is 0 Å². The van der Waals surface area contributed by atoms with Gasteiger partial charge in [-0.05, 0) is 13.8 Å². The first kappa shape index (κ1) is 12.7. The minimum atomic E-state index is 0.438. The van der Waals surface area contributed by atoms with Crippen molar-refractivity contribution < 1.29 is 4.43 Å². The Morgan fingerprint density at radius 2 is 2.00 bits per heavy atom. The van der Waals surface area contributed by atoms with E-state index in [2.05, 4.69) is 30.6 Å². The molecule has 0 spiro atoms. The van der Waals surface area contributed by atoms with Gasteiger partial charge in [0.15, 0.2) is 0 Å². The van der Waals surface area contributed by atoms with Crippen LogP contribution in [0.5, 0.6) is 0 Å². The van der Waals surface area contributed by atoms with Gasteiger partial charge in [-0.1, -0.05) is 17.3 Å². The standard InChI is InChI=1S/C8H16N2OSi2/c1-7(8(2)12-4)5-9-10-6-13-11-3/h5-6H2,1-4H3. The Hall–Kier alpha value is -0.266. The Balaban J connectivity index is 3.69. The Kier molecular flexibility index (Phi) is 8.17. The van der Waals surface area contributed by atoms with Crippen LogP contribution in [0.1, 0.15) is 13.8 Å². The molecule has 4 radical (unpaired) electrons. The molecule has 0 atom stereocenters. The van der Waals surface area contributed by atoms with Gasteiger partial charge in [-0.15, -0.1) is 0 Å². The Morgan fingerprint density at radius 1 is 1.31 bits per heavy atom. The molecule has 0 rings (SSSR count). The first-order valence-electron chi connectivity index (χ1n) is 4.15. The second kappa shape index (κ2) is 8.34. The number of hydrogen-bond donors (Lipinski definition) is 0. The largest absolute Gasteiger partial charge is 0.419 e. The zero-order valence-electron chi connectivity index (χ0n) is 8.72. The maximum absolute atomic E-state index is 4.88.